The largest absolute Gasteiger partial charge is 0.465 e. The van der Waals surface area contributed by atoms with E-state index in [4.69, 9.17) is 9.15 Å². The lowest BCUT2D eigenvalue weighted by Gasteiger charge is -2.43. The Morgan fingerprint density at radius 1 is 1.20 bits per heavy atom. The number of hydrogen-bond acceptors (Lipinski definition) is 6. The number of ether oxygens (including phenoxy) is 1. The third-order valence-electron chi connectivity index (χ3n) is 5.29. The first-order valence-electron chi connectivity index (χ1n) is 9.13. The van der Waals surface area contributed by atoms with Crippen LogP contribution in [0.1, 0.15) is 30.1 Å². The van der Waals surface area contributed by atoms with E-state index in [1.165, 1.54) is 12.8 Å². The topological polar surface area (TPSA) is 70.4 Å². The molecule has 2 saturated heterocycles. The molecule has 1 atom stereocenters. The van der Waals surface area contributed by atoms with Crippen LogP contribution in [0, 0.1) is 12.3 Å². The summed E-state index contributed by atoms with van der Waals surface area (Å²) in [6, 6.07) is 4.14. The molecule has 2 aliphatic rings. The SMILES string of the molecule is Cc1ccc(CN2CCC[C@]3(COCCN(Cc4cn[nH]n4)C3)C2)o1. The molecular weight excluding hydrogens is 318 g/mol. The first-order chi connectivity index (χ1) is 12.2. The van der Waals surface area contributed by atoms with Gasteiger partial charge in [-0.3, -0.25) is 9.80 Å². The molecule has 0 radical (unpaired) electrons. The van der Waals surface area contributed by atoms with Gasteiger partial charge >= 0.3 is 0 Å². The second kappa shape index (κ2) is 7.27. The predicted octanol–water partition coefficient (Wildman–Crippen LogP) is 1.82. The molecule has 1 N–H and O–H groups in total. The molecular formula is C18H27N5O2. The fraction of sp³-hybridized carbons (Fsp3) is 0.667. The molecule has 0 amide bonds. The van der Waals surface area contributed by atoms with E-state index in [2.05, 4.69) is 31.3 Å². The second-order valence-corrected chi connectivity index (χ2v) is 7.55. The monoisotopic (exact) mass is 345 g/mol. The van der Waals surface area contributed by atoms with Gasteiger partial charge in [0, 0.05) is 31.6 Å². The number of rotatable bonds is 4. The third kappa shape index (κ3) is 4.11. The Kier molecular flexibility index (Phi) is 4.87. The highest BCUT2D eigenvalue weighted by Crippen LogP contribution is 2.34. The summed E-state index contributed by atoms with van der Waals surface area (Å²) in [6.45, 7) is 9.54. The molecule has 1 spiro atoms. The molecule has 4 rings (SSSR count). The molecule has 4 heterocycles. The molecule has 7 nitrogen and oxygen atoms in total. The standard InChI is InChI=1S/C18H27N5O2/c1-15-3-4-17(25-15)11-22-6-2-5-18(12-22)13-23(7-8-24-14-18)10-16-9-19-21-20-16/h3-4,9H,2,5-8,10-14H2,1H3,(H,19,20,21)/t18-/m0/s1. The summed E-state index contributed by atoms with van der Waals surface area (Å²) in [5, 5.41) is 10.8. The Labute approximate surface area is 148 Å². The Balaban J connectivity index is 1.42. The van der Waals surface area contributed by atoms with E-state index in [0.29, 0.717) is 0 Å². The number of hydrogen-bond donors (Lipinski definition) is 1. The maximum atomic E-state index is 6.00. The van der Waals surface area contributed by atoms with Crippen molar-refractivity contribution in [3.63, 3.8) is 0 Å². The molecule has 0 aliphatic carbocycles. The minimum absolute atomic E-state index is 0.195. The molecule has 0 saturated carbocycles. The Bertz CT molecular complexity index is 671. The highest BCUT2D eigenvalue weighted by Gasteiger charge is 2.39. The van der Waals surface area contributed by atoms with Crippen LogP contribution in [0.25, 0.3) is 0 Å². The lowest BCUT2D eigenvalue weighted by Crippen LogP contribution is -2.50. The summed E-state index contributed by atoms with van der Waals surface area (Å²) in [5.41, 5.74) is 1.19. The summed E-state index contributed by atoms with van der Waals surface area (Å²) in [7, 11) is 0. The molecule has 0 bridgehead atoms. The molecule has 136 valence electrons. The van der Waals surface area contributed by atoms with Crippen LogP contribution in [-0.4, -0.2) is 64.6 Å². The van der Waals surface area contributed by atoms with Crippen LogP contribution in [0.5, 0.6) is 0 Å². The summed E-state index contributed by atoms with van der Waals surface area (Å²) < 4.78 is 11.8. The van der Waals surface area contributed by atoms with Crippen molar-refractivity contribution in [3.8, 4) is 0 Å². The van der Waals surface area contributed by atoms with E-state index in [-0.39, 0.29) is 5.41 Å². The quantitative estimate of drug-likeness (QED) is 0.911. The minimum Gasteiger partial charge on any atom is -0.465 e. The summed E-state index contributed by atoms with van der Waals surface area (Å²) >= 11 is 0. The van der Waals surface area contributed by atoms with Crippen LogP contribution in [0.4, 0.5) is 0 Å². The lowest BCUT2D eigenvalue weighted by atomic mass is 9.80. The van der Waals surface area contributed by atoms with Crippen LogP contribution < -0.4 is 0 Å². The lowest BCUT2D eigenvalue weighted by molar-refractivity contribution is 0.000514. The van der Waals surface area contributed by atoms with Gasteiger partial charge in [-0.2, -0.15) is 15.4 Å². The van der Waals surface area contributed by atoms with Crippen molar-refractivity contribution >= 4 is 0 Å². The molecule has 25 heavy (non-hydrogen) atoms. The van der Waals surface area contributed by atoms with Gasteiger partial charge in [-0.15, -0.1) is 0 Å². The van der Waals surface area contributed by atoms with E-state index in [1.54, 1.807) is 0 Å². The van der Waals surface area contributed by atoms with Crippen molar-refractivity contribution in [2.24, 2.45) is 5.41 Å². The zero-order chi connectivity index (χ0) is 17.1. The highest BCUT2D eigenvalue weighted by molar-refractivity contribution is 5.06. The first-order valence-corrected chi connectivity index (χ1v) is 9.13. The number of aromatic amines is 1. The van der Waals surface area contributed by atoms with Crippen LogP contribution in [0.15, 0.2) is 22.7 Å². The van der Waals surface area contributed by atoms with Crippen molar-refractivity contribution in [2.75, 3.05) is 39.4 Å². The smallest absolute Gasteiger partial charge is 0.118 e. The second-order valence-electron chi connectivity index (χ2n) is 7.55. The molecule has 0 aromatic carbocycles. The molecule has 7 heteroatoms. The number of nitrogens with one attached hydrogen (secondary N) is 1. The maximum absolute atomic E-state index is 6.00. The van der Waals surface area contributed by atoms with Gasteiger partial charge in [0.2, 0.25) is 0 Å². The summed E-state index contributed by atoms with van der Waals surface area (Å²) in [4.78, 5) is 4.98. The van der Waals surface area contributed by atoms with Gasteiger partial charge in [-0.1, -0.05) is 0 Å². The minimum atomic E-state index is 0.195. The van der Waals surface area contributed by atoms with Gasteiger partial charge in [0.1, 0.15) is 11.5 Å². The highest BCUT2D eigenvalue weighted by atomic mass is 16.5. The number of H-pyrrole nitrogens is 1. The van der Waals surface area contributed by atoms with Crippen LogP contribution in [-0.2, 0) is 17.8 Å². The van der Waals surface area contributed by atoms with Gasteiger partial charge < -0.3 is 9.15 Å². The molecule has 2 aromatic heterocycles. The summed E-state index contributed by atoms with van der Waals surface area (Å²) in [5.74, 6) is 2.04. The number of likely N-dealkylation sites (tertiary alicyclic amines) is 1. The van der Waals surface area contributed by atoms with E-state index in [9.17, 15) is 0 Å². The zero-order valence-corrected chi connectivity index (χ0v) is 14.9. The van der Waals surface area contributed by atoms with Gasteiger partial charge in [-0.25, -0.2) is 0 Å². The number of nitrogens with zero attached hydrogens (tertiary/aromatic N) is 4. The number of furan rings is 1. The van der Waals surface area contributed by atoms with E-state index in [1.807, 2.05) is 19.2 Å². The Morgan fingerprint density at radius 2 is 2.08 bits per heavy atom. The number of aryl methyl sites for hydroxylation is 1. The third-order valence-corrected chi connectivity index (χ3v) is 5.29. The summed E-state index contributed by atoms with van der Waals surface area (Å²) in [6.07, 6.45) is 4.24. The van der Waals surface area contributed by atoms with Gasteiger partial charge in [0.05, 0.1) is 31.6 Å². The molecule has 2 aliphatic heterocycles. The fourth-order valence-corrected chi connectivity index (χ4v) is 4.23. The van der Waals surface area contributed by atoms with Crippen molar-refractivity contribution in [1.29, 1.82) is 0 Å². The van der Waals surface area contributed by atoms with Gasteiger partial charge in [-0.05, 0) is 38.4 Å². The van der Waals surface area contributed by atoms with Crippen LogP contribution in [0.2, 0.25) is 0 Å². The first kappa shape index (κ1) is 16.8. The van der Waals surface area contributed by atoms with Crippen LogP contribution >= 0.6 is 0 Å². The fourth-order valence-electron chi connectivity index (χ4n) is 4.23. The Hall–Kier alpha value is -1.70. The number of aromatic nitrogens is 3. The van der Waals surface area contributed by atoms with E-state index < -0.39 is 0 Å². The van der Waals surface area contributed by atoms with Crippen LogP contribution in [0.3, 0.4) is 0 Å². The van der Waals surface area contributed by atoms with E-state index >= 15 is 0 Å². The molecule has 2 aromatic rings. The van der Waals surface area contributed by atoms with Crippen molar-refractivity contribution in [1.82, 2.24) is 25.2 Å². The zero-order valence-electron chi connectivity index (χ0n) is 14.9. The number of piperidine rings is 1. The average Bonchev–Trinajstić information content (AvgIpc) is 3.19. The normalized spacial score (nSPS) is 26.1. The van der Waals surface area contributed by atoms with Gasteiger partial charge in [0.15, 0.2) is 0 Å². The van der Waals surface area contributed by atoms with E-state index in [0.717, 1.165) is 69.7 Å². The van der Waals surface area contributed by atoms with Crippen molar-refractivity contribution in [2.45, 2.75) is 32.9 Å². The van der Waals surface area contributed by atoms with Gasteiger partial charge in [0.25, 0.3) is 0 Å². The van der Waals surface area contributed by atoms with Crippen molar-refractivity contribution in [3.05, 3.63) is 35.5 Å². The predicted molar refractivity (Wildman–Crippen MR) is 92.9 cm³/mol. The molecule has 0 unspecified atom stereocenters. The average molecular weight is 345 g/mol. The molecule has 2 fully saturated rings. The Morgan fingerprint density at radius 3 is 2.84 bits per heavy atom. The maximum Gasteiger partial charge on any atom is 0.118 e. The van der Waals surface area contributed by atoms with Crippen molar-refractivity contribution < 1.29 is 9.15 Å².